The molecule has 224 valence electrons. The van der Waals surface area contributed by atoms with Crippen LogP contribution in [0.25, 0.3) is 5.57 Å². The number of allylic oxidation sites excluding steroid dienone is 3. The molecule has 1 aliphatic rings. The fourth-order valence-corrected chi connectivity index (χ4v) is 11.5. The highest BCUT2D eigenvalue weighted by Crippen LogP contribution is 2.51. The van der Waals surface area contributed by atoms with E-state index in [0.717, 1.165) is 25.3 Å². The Bertz CT molecular complexity index is 1530. The van der Waals surface area contributed by atoms with Crippen molar-refractivity contribution in [3.63, 3.8) is 0 Å². The highest BCUT2D eigenvalue weighted by Gasteiger charge is 2.46. The standard InChI is InChI=1S/C39H39BN2OP2/c1-4-17-39(33-26-28-34(43-3)29-27-33)32(2)40-41(44(35-18-9-5-10-19-35)36-20-11-6-12-21-36)30-31-42(40)45(37-22-13-7-14-23-37)38-24-15-8-16-25-38/h4-16,18-29H,1,17,30-31H2,2-3H3/b39-32-. The summed E-state index contributed by atoms with van der Waals surface area (Å²) in [5, 5.41) is 5.49. The minimum Gasteiger partial charge on any atom is -0.497 e. The van der Waals surface area contributed by atoms with Crippen molar-refractivity contribution >= 4 is 49.9 Å². The first-order valence-corrected chi connectivity index (χ1v) is 18.1. The summed E-state index contributed by atoms with van der Waals surface area (Å²) in [6.45, 7) is 8.57. The Kier molecular flexibility index (Phi) is 10.4. The highest BCUT2D eigenvalue weighted by atomic mass is 31.1. The quantitative estimate of drug-likeness (QED) is 0.0848. The second kappa shape index (κ2) is 15.0. The van der Waals surface area contributed by atoms with Crippen molar-refractivity contribution in [3.05, 3.63) is 169 Å². The van der Waals surface area contributed by atoms with Crippen LogP contribution >= 0.6 is 16.1 Å². The molecule has 0 unspecified atom stereocenters. The maximum atomic E-state index is 5.51. The number of methoxy groups -OCH3 is 1. The molecule has 1 heterocycles. The Morgan fingerprint density at radius 2 is 1.02 bits per heavy atom. The number of hydrogen-bond donors (Lipinski definition) is 0. The van der Waals surface area contributed by atoms with Gasteiger partial charge < -0.3 is 4.74 Å². The van der Waals surface area contributed by atoms with E-state index in [1.807, 2.05) is 6.08 Å². The molecular weight excluding hydrogens is 585 g/mol. The minimum absolute atomic E-state index is 0.0834. The third-order valence-electron chi connectivity index (χ3n) is 8.29. The van der Waals surface area contributed by atoms with Gasteiger partial charge in [0.25, 0.3) is 0 Å². The van der Waals surface area contributed by atoms with Gasteiger partial charge in [-0.25, -0.2) is 0 Å². The predicted molar refractivity (Wildman–Crippen MR) is 198 cm³/mol. The van der Waals surface area contributed by atoms with Crippen LogP contribution in [0.2, 0.25) is 0 Å². The smallest absolute Gasteiger partial charge is 0.350 e. The van der Waals surface area contributed by atoms with Crippen LogP contribution in [0.5, 0.6) is 5.75 Å². The lowest BCUT2D eigenvalue weighted by Gasteiger charge is -2.38. The molecule has 1 fully saturated rings. The van der Waals surface area contributed by atoms with Crippen molar-refractivity contribution in [2.24, 2.45) is 0 Å². The zero-order valence-electron chi connectivity index (χ0n) is 26.0. The first kappa shape index (κ1) is 31.2. The lowest BCUT2D eigenvalue weighted by molar-refractivity contribution is 0.415. The molecule has 5 aromatic rings. The van der Waals surface area contributed by atoms with Crippen molar-refractivity contribution in [1.82, 2.24) is 9.16 Å². The molecule has 0 aliphatic carbocycles. The minimum atomic E-state index is -0.802. The largest absolute Gasteiger partial charge is 0.497 e. The SMILES string of the molecule is C=CC/C(=C(\C)B1N(P(c2ccccc2)c2ccccc2)CCN1P(c1ccccc1)c1ccccc1)c1ccc(OC)cc1. The molecule has 1 saturated heterocycles. The molecule has 0 radical (unpaired) electrons. The van der Waals surface area contributed by atoms with E-state index in [1.165, 1.54) is 37.8 Å². The number of hydrogen-bond acceptors (Lipinski definition) is 3. The van der Waals surface area contributed by atoms with Gasteiger partial charge in [-0.15, -0.1) is 6.58 Å². The van der Waals surface area contributed by atoms with Crippen LogP contribution in [-0.2, 0) is 0 Å². The van der Waals surface area contributed by atoms with E-state index in [4.69, 9.17) is 4.74 Å². The van der Waals surface area contributed by atoms with Gasteiger partial charge in [0, 0.05) is 29.2 Å². The topological polar surface area (TPSA) is 15.7 Å². The van der Waals surface area contributed by atoms with Gasteiger partial charge >= 0.3 is 6.98 Å². The summed E-state index contributed by atoms with van der Waals surface area (Å²) in [6, 6.07) is 52.9. The maximum Gasteiger partial charge on any atom is 0.350 e. The molecule has 0 amide bonds. The van der Waals surface area contributed by atoms with E-state index in [1.54, 1.807) is 7.11 Å². The average molecular weight is 625 g/mol. The van der Waals surface area contributed by atoms with Crippen molar-refractivity contribution in [3.8, 4) is 5.75 Å². The zero-order chi connectivity index (χ0) is 31.0. The highest BCUT2D eigenvalue weighted by molar-refractivity contribution is 7.74. The van der Waals surface area contributed by atoms with E-state index >= 15 is 0 Å². The number of benzene rings is 5. The van der Waals surface area contributed by atoms with Crippen molar-refractivity contribution in [2.75, 3.05) is 20.2 Å². The van der Waals surface area contributed by atoms with Gasteiger partial charge in [0.15, 0.2) is 0 Å². The normalized spacial score (nSPS) is 14.5. The summed E-state index contributed by atoms with van der Waals surface area (Å²) in [7, 11) is 0.119. The van der Waals surface area contributed by atoms with E-state index in [0.29, 0.717) is 0 Å². The molecule has 5 aromatic carbocycles. The molecule has 0 atom stereocenters. The molecule has 6 heteroatoms. The van der Waals surface area contributed by atoms with Crippen LogP contribution < -0.4 is 26.0 Å². The van der Waals surface area contributed by atoms with Crippen molar-refractivity contribution < 1.29 is 4.74 Å². The number of ether oxygens (including phenoxy) is 1. The van der Waals surface area contributed by atoms with Crippen LogP contribution in [0.3, 0.4) is 0 Å². The van der Waals surface area contributed by atoms with Crippen LogP contribution in [0, 0.1) is 0 Å². The molecule has 0 spiro atoms. The van der Waals surface area contributed by atoms with Gasteiger partial charge in [-0.05, 0) is 57.8 Å². The molecule has 0 N–H and O–H groups in total. The number of rotatable bonds is 11. The van der Waals surface area contributed by atoms with Gasteiger partial charge in [0.05, 0.1) is 7.11 Å². The van der Waals surface area contributed by atoms with Crippen LogP contribution in [0.15, 0.2) is 164 Å². The van der Waals surface area contributed by atoms with E-state index in [-0.39, 0.29) is 6.98 Å². The zero-order valence-corrected chi connectivity index (χ0v) is 27.8. The Morgan fingerprint density at radius 1 is 0.644 bits per heavy atom. The lowest BCUT2D eigenvalue weighted by Crippen LogP contribution is -2.46. The van der Waals surface area contributed by atoms with Gasteiger partial charge in [0.1, 0.15) is 5.75 Å². The van der Waals surface area contributed by atoms with E-state index < -0.39 is 16.1 Å². The van der Waals surface area contributed by atoms with Crippen LogP contribution in [0.1, 0.15) is 18.9 Å². The third-order valence-corrected chi connectivity index (χ3v) is 13.3. The molecule has 0 saturated carbocycles. The Hall–Kier alpha value is -3.78. The first-order valence-electron chi connectivity index (χ1n) is 15.5. The lowest BCUT2D eigenvalue weighted by atomic mass is 9.66. The van der Waals surface area contributed by atoms with Gasteiger partial charge in [-0.1, -0.05) is 145 Å². The molecule has 3 nitrogen and oxygen atoms in total. The summed E-state index contributed by atoms with van der Waals surface area (Å²) in [5.74, 6) is 0.867. The Balaban J connectivity index is 1.57. The predicted octanol–water partition coefficient (Wildman–Crippen LogP) is 7.79. The molecule has 1 aliphatic heterocycles. The molecule has 0 bridgehead atoms. The van der Waals surface area contributed by atoms with E-state index in [9.17, 15) is 0 Å². The summed E-state index contributed by atoms with van der Waals surface area (Å²) < 4.78 is 11.1. The number of nitrogens with zero attached hydrogens (tertiary/aromatic N) is 2. The van der Waals surface area contributed by atoms with Gasteiger partial charge in [-0.3, -0.25) is 9.16 Å². The monoisotopic (exact) mass is 624 g/mol. The summed E-state index contributed by atoms with van der Waals surface area (Å²) in [5.41, 5.74) is 3.91. The van der Waals surface area contributed by atoms with E-state index in [2.05, 4.69) is 168 Å². The molecular formula is C39H39BN2OP2. The Labute approximate surface area is 271 Å². The summed E-state index contributed by atoms with van der Waals surface area (Å²) >= 11 is 0. The van der Waals surface area contributed by atoms with Crippen molar-refractivity contribution in [2.45, 2.75) is 13.3 Å². The Morgan fingerprint density at radius 3 is 1.36 bits per heavy atom. The third kappa shape index (κ3) is 6.91. The van der Waals surface area contributed by atoms with Crippen LogP contribution in [0.4, 0.5) is 0 Å². The van der Waals surface area contributed by atoms with Crippen molar-refractivity contribution in [1.29, 1.82) is 0 Å². The van der Waals surface area contributed by atoms with Gasteiger partial charge in [-0.2, -0.15) is 0 Å². The second-order valence-corrected chi connectivity index (χ2v) is 15.4. The van der Waals surface area contributed by atoms with Crippen LogP contribution in [-0.4, -0.2) is 36.3 Å². The molecule has 0 aromatic heterocycles. The average Bonchev–Trinajstić information content (AvgIpc) is 3.53. The molecule has 45 heavy (non-hydrogen) atoms. The first-order chi connectivity index (χ1) is 22.2. The molecule has 6 rings (SSSR count). The summed E-state index contributed by atoms with van der Waals surface area (Å²) in [6.07, 6.45) is 2.83. The van der Waals surface area contributed by atoms with Gasteiger partial charge in [0.2, 0.25) is 0 Å². The maximum absolute atomic E-state index is 5.51. The summed E-state index contributed by atoms with van der Waals surface area (Å²) in [4.78, 5) is 0. The fourth-order valence-electron chi connectivity index (χ4n) is 6.24. The fraction of sp³-hybridized carbons (Fsp3) is 0.128. The second-order valence-electron chi connectivity index (χ2n) is 11.0.